The first kappa shape index (κ1) is 11.3. The minimum Gasteiger partial charge on any atom is -0.314 e. The quantitative estimate of drug-likeness (QED) is 0.765. The molecule has 0 radical (unpaired) electrons. The third-order valence-corrected chi connectivity index (χ3v) is 2.52. The summed E-state index contributed by atoms with van der Waals surface area (Å²) in [7, 11) is 0. The molecule has 0 spiro atoms. The second kappa shape index (κ2) is 4.39. The molecule has 1 aromatic rings. The van der Waals surface area contributed by atoms with E-state index in [1.165, 1.54) is 12.3 Å². The van der Waals surface area contributed by atoms with Crippen LogP contribution in [0.5, 0.6) is 0 Å². The summed E-state index contributed by atoms with van der Waals surface area (Å²) in [6, 6.07) is 2.54. The van der Waals surface area contributed by atoms with Crippen molar-refractivity contribution in [3.8, 4) is 0 Å². The zero-order valence-electron chi connectivity index (χ0n) is 8.51. The number of hydrogen-bond acceptors (Lipinski definition) is 3. The summed E-state index contributed by atoms with van der Waals surface area (Å²) in [6.07, 6.45) is -3.08. The van der Waals surface area contributed by atoms with Crippen LogP contribution in [0, 0.1) is 0 Å². The highest BCUT2D eigenvalue weighted by molar-refractivity contribution is 5.20. The van der Waals surface area contributed by atoms with E-state index < -0.39 is 11.9 Å². The Hall–Kier alpha value is -1.14. The fourth-order valence-corrected chi connectivity index (χ4v) is 1.67. The lowest BCUT2D eigenvalue weighted by Crippen LogP contribution is -2.42. The third-order valence-electron chi connectivity index (χ3n) is 2.52. The van der Waals surface area contributed by atoms with E-state index in [2.05, 4.69) is 15.6 Å². The molecule has 2 N–H and O–H groups in total. The van der Waals surface area contributed by atoms with E-state index in [4.69, 9.17) is 0 Å². The van der Waals surface area contributed by atoms with Crippen LogP contribution in [0.3, 0.4) is 0 Å². The average Bonchev–Trinajstić information content (AvgIpc) is 2.29. The van der Waals surface area contributed by atoms with Crippen molar-refractivity contribution in [1.29, 1.82) is 0 Å². The predicted octanol–water partition coefficient (Wildman–Crippen LogP) is 1.33. The van der Waals surface area contributed by atoms with Gasteiger partial charge in [-0.25, -0.2) is 0 Å². The van der Waals surface area contributed by atoms with Crippen LogP contribution in [-0.2, 0) is 6.18 Å². The van der Waals surface area contributed by atoms with Gasteiger partial charge in [-0.2, -0.15) is 13.2 Å². The molecule has 1 saturated heterocycles. The number of nitrogens with one attached hydrogen (secondary N) is 2. The van der Waals surface area contributed by atoms with Crippen LogP contribution in [0.15, 0.2) is 18.3 Å². The van der Waals surface area contributed by atoms with Gasteiger partial charge in [0.15, 0.2) is 0 Å². The van der Waals surface area contributed by atoms with Crippen molar-refractivity contribution in [3.05, 3.63) is 29.6 Å². The van der Waals surface area contributed by atoms with Gasteiger partial charge in [-0.3, -0.25) is 4.98 Å². The smallest absolute Gasteiger partial charge is 0.314 e. The van der Waals surface area contributed by atoms with Gasteiger partial charge in [0.25, 0.3) is 0 Å². The third kappa shape index (κ3) is 2.51. The summed E-state index contributed by atoms with van der Waals surface area (Å²) < 4.78 is 36.8. The summed E-state index contributed by atoms with van der Waals surface area (Å²) in [5, 5.41) is 6.38. The van der Waals surface area contributed by atoms with Crippen LogP contribution < -0.4 is 10.6 Å². The van der Waals surface area contributed by atoms with Crippen molar-refractivity contribution < 1.29 is 13.2 Å². The molecule has 3 nitrogen and oxygen atoms in total. The lowest BCUT2D eigenvalue weighted by atomic mass is 10.1. The number of piperazine rings is 1. The number of halogens is 3. The van der Waals surface area contributed by atoms with Gasteiger partial charge < -0.3 is 10.6 Å². The van der Waals surface area contributed by atoms with Gasteiger partial charge in [-0.05, 0) is 11.6 Å². The maximum Gasteiger partial charge on any atom is 0.433 e. The molecule has 0 bridgehead atoms. The molecule has 6 heteroatoms. The van der Waals surface area contributed by atoms with Crippen LogP contribution in [0.25, 0.3) is 0 Å². The Bertz CT molecular complexity index is 341. The first-order chi connectivity index (χ1) is 7.57. The fourth-order valence-electron chi connectivity index (χ4n) is 1.67. The second-order valence-electron chi connectivity index (χ2n) is 3.69. The summed E-state index contributed by atoms with van der Waals surface area (Å²) in [4.78, 5) is 3.43. The van der Waals surface area contributed by atoms with Gasteiger partial charge >= 0.3 is 6.18 Å². The monoisotopic (exact) mass is 231 g/mol. The van der Waals surface area contributed by atoms with Gasteiger partial charge in [0.2, 0.25) is 0 Å². The topological polar surface area (TPSA) is 37.0 Å². The van der Waals surface area contributed by atoms with E-state index in [1.54, 1.807) is 0 Å². The zero-order valence-corrected chi connectivity index (χ0v) is 8.51. The maximum absolute atomic E-state index is 12.3. The van der Waals surface area contributed by atoms with E-state index in [0.717, 1.165) is 24.7 Å². The van der Waals surface area contributed by atoms with Crippen molar-refractivity contribution in [3.63, 3.8) is 0 Å². The number of rotatable bonds is 1. The van der Waals surface area contributed by atoms with Crippen molar-refractivity contribution in [2.45, 2.75) is 12.2 Å². The van der Waals surface area contributed by atoms with Crippen molar-refractivity contribution in [1.82, 2.24) is 15.6 Å². The average molecular weight is 231 g/mol. The molecule has 1 fully saturated rings. The molecule has 0 aliphatic carbocycles. The number of aromatic nitrogens is 1. The van der Waals surface area contributed by atoms with Gasteiger partial charge in [0, 0.05) is 31.9 Å². The van der Waals surface area contributed by atoms with E-state index in [0.29, 0.717) is 6.54 Å². The predicted molar refractivity (Wildman–Crippen MR) is 52.9 cm³/mol. The van der Waals surface area contributed by atoms with Crippen molar-refractivity contribution in [2.24, 2.45) is 0 Å². The Morgan fingerprint density at radius 3 is 2.56 bits per heavy atom. The summed E-state index contributed by atoms with van der Waals surface area (Å²) in [6.45, 7) is 2.41. The van der Waals surface area contributed by atoms with Crippen LogP contribution in [0.2, 0.25) is 0 Å². The largest absolute Gasteiger partial charge is 0.433 e. The molecule has 0 amide bonds. The molecular weight excluding hydrogens is 219 g/mol. The lowest BCUT2D eigenvalue weighted by molar-refractivity contribution is -0.141. The molecule has 1 aliphatic rings. The molecular formula is C10H12F3N3. The molecule has 2 heterocycles. The van der Waals surface area contributed by atoms with Crippen molar-refractivity contribution in [2.75, 3.05) is 19.6 Å². The van der Waals surface area contributed by atoms with Gasteiger partial charge in [-0.15, -0.1) is 0 Å². The van der Waals surface area contributed by atoms with E-state index in [1.807, 2.05) is 0 Å². The van der Waals surface area contributed by atoms with E-state index in [-0.39, 0.29) is 6.04 Å². The van der Waals surface area contributed by atoms with Crippen LogP contribution in [0.4, 0.5) is 13.2 Å². The molecule has 0 aromatic carbocycles. The van der Waals surface area contributed by atoms with E-state index >= 15 is 0 Å². The number of nitrogens with zero attached hydrogens (tertiary/aromatic N) is 1. The molecule has 0 saturated carbocycles. The molecule has 88 valence electrons. The van der Waals surface area contributed by atoms with Gasteiger partial charge in [0.1, 0.15) is 5.69 Å². The molecule has 1 aliphatic heterocycles. The number of hydrogen-bond donors (Lipinski definition) is 2. The molecule has 1 atom stereocenters. The molecule has 1 unspecified atom stereocenters. The van der Waals surface area contributed by atoms with Crippen LogP contribution >= 0.6 is 0 Å². The minimum absolute atomic E-state index is 0.0449. The summed E-state index contributed by atoms with van der Waals surface area (Å²) in [5.74, 6) is 0. The maximum atomic E-state index is 12.3. The Balaban J connectivity index is 2.12. The van der Waals surface area contributed by atoms with Gasteiger partial charge in [0.05, 0.1) is 0 Å². The first-order valence-electron chi connectivity index (χ1n) is 5.04. The van der Waals surface area contributed by atoms with Crippen molar-refractivity contribution >= 4 is 0 Å². The minimum atomic E-state index is -4.36. The van der Waals surface area contributed by atoms with E-state index in [9.17, 15) is 13.2 Å². The van der Waals surface area contributed by atoms with Crippen LogP contribution in [0.1, 0.15) is 17.3 Å². The second-order valence-corrected chi connectivity index (χ2v) is 3.69. The Kier molecular flexibility index (Phi) is 3.11. The fraction of sp³-hybridized carbons (Fsp3) is 0.500. The standard InChI is InChI=1S/C10H12F3N3/c11-10(12,13)9-2-1-7(5-16-9)8-6-14-3-4-15-8/h1-2,5,8,14-15H,3-4,6H2. The first-order valence-corrected chi connectivity index (χ1v) is 5.04. The summed E-state index contributed by atoms with van der Waals surface area (Å²) >= 11 is 0. The molecule has 2 rings (SSSR count). The molecule has 16 heavy (non-hydrogen) atoms. The Labute approximate surface area is 91.1 Å². The van der Waals surface area contributed by atoms with Crippen LogP contribution in [-0.4, -0.2) is 24.6 Å². The number of alkyl halides is 3. The summed E-state index contributed by atoms with van der Waals surface area (Å²) in [5.41, 5.74) is -0.0692. The molecule has 1 aromatic heterocycles. The lowest BCUT2D eigenvalue weighted by Gasteiger charge is -2.24. The normalized spacial score (nSPS) is 22.1. The Morgan fingerprint density at radius 2 is 2.06 bits per heavy atom. The highest BCUT2D eigenvalue weighted by atomic mass is 19.4. The number of pyridine rings is 1. The zero-order chi connectivity index (χ0) is 11.6. The SMILES string of the molecule is FC(F)(F)c1ccc(C2CNCCN2)cn1. The van der Waals surface area contributed by atoms with Gasteiger partial charge in [-0.1, -0.05) is 6.07 Å². The Morgan fingerprint density at radius 1 is 1.25 bits per heavy atom. The highest BCUT2D eigenvalue weighted by Crippen LogP contribution is 2.27. The highest BCUT2D eigenvalue weighted by Gasteiger charge is 2.32.